The molecule has 1 aromatic carbocycles. The molecule has 0 radical (unpaired) electrons. The number of carbonyl (C=O) groups excluding carboxylic acids is 1. The summed E-state index contributed by atoms with van der Waals surface area (Å²) in [7, 11) is 0. The maximum atomic E-state index is 12.6. The van der Waals surface area contributed by atoms with Crippen LogP contribution >= 0.6 is 15.9 Å². The number of likely N-dealkylation sites (tertiary alicyclic amines) is 1. The fourth-order valence-corrected chi connectivity index (χ4v) is 3.45. The summed E-state index contributed by atoms with van der Waals surface area (Å²) in [5.41, 5.74) is 0.821. The van der Waals surface area contributed by atoms with E-state index in [0.29, 0.717) is 6.04 Å². The van der Waals surface area contributed by atoms with Crippen LogP contribution in [-0.2, 0) is 0 Å². The molecule has 1 aromatic rings. The molecule has 0 spiro atoms. The molecule has 2 nitrogen and oxygen atoms in total. The minimum Gasteiger partial charge on any atom is -0.292 e. The Morgan fingerprint density at radius 2 is 2.05 bits per heavy atom. The van der Waals surface area contributed by atoms with E-state index < -0.39 is 0 Å². The lowest BCUT2D eigenvalue weighted by atomic mass is 9.94. The number of nitrogens with zero attached hydrogens (tertiary/aromatic N) is 1. The lowest BCUT2D eigenvalue weighted by molar-refractivity contribution is 0.0649. The van der Waals surface area contributed by atoms with Crippen LogP contribution in [0.3, 0.4) is 0 Å². The van der Waals surface area contributed by atoms with Gasteiger partial charge in [-0.3, -0.25) is 9.69 Å². The largest absolute Gasteiger partial charge is 0.292 e. The van der Waals surface area contributed by atoms with Crippen molar-refractivity contribution < 1.29 is 4.79 Å². The van der Waals surface area contributed by atoms with Gasteiger partial charge in [-0.15, -0.1) is 0 Å². The Balaban J connectivity index is 2.09. The Morgan fingerprint density at radius 1 is 1.35 bits per heavy atom. The van der Waals surface area contributed by atoms with Crippen molar-refractivity contribution in [3.05, 3.63) is 34.3 Å². The van der Waals surface area contributed by atoms with Crippen LogP contribution in [-0.4, -0.2) is 29.3 Å². The van der Waals surface area contributed by atoms with Crippen LogP contribution in [0.1, 0.15) is 56.3 Å². The standard InChI is InChI=1S/C17H24BrNO/c1-3-6-16-7-4-5-12-19(16)13(2)17(20)14-8-10-15(18)11-9-14/h8-11,13,16H,3-7,12H2,1-2H3. The number of hydrogen-bond donors (Lipinski definition) is 0. The van der Waals surface area contributed by atoms with Gasteiger partial charge in [0, 0.05) is 16.1 Å². The molecule has 1 aliphatic rings. The zero-order chi connectivity index (χ0) is 14.5. The average Bonchev–Trinajstić information content (AvgIpc) is 2.47. The van der Waals surface area contributed by atoms with Crippen molar-refractivity contribution in [1.29, 1.82) is 0 Å². The highest BCUT2D eigenvalue weighted by molar-refractivity contribution is 9.10. The van der Waals surface area contributed by atoms with Crippen LogP contribution in [0.25, 0.3) is 0 Å². The lowest BCUT2D eigenvalue weighted by Crippen LogP contribution is -2.48. The first-order valence-corrected chi connectivity index (χ1v) is 8.48. The van der Waals surface area contributed by atoms with Crippen molar-refractivity contribution >= 4 is 21.7 Å². The Bertz CT molecular complexity index is 441. The molecule has 0 saturated carbocycles. The van der Waals surface area contributed by atoms with E-state index in [0.717, 1.165) is 16.6 Å². The summed E-state index contributed by atoms with van der Waals surface area (Å²) in [4.78, 5) is 15.1. The second-order valence-corrected chi connectivity index (χ2v) is 6.64. The number of carbonyl (C=O) groups is 1. The van der Waals surface area contributed by atoms with Crippen LogP contribution in [0.5, 0.6) is 0 Å². The molecule has 1 fully saturated rings. The Morgan fingerprint density at radius 3 is 2.70 bits per heavy atom. The number of rotatable bonds is 5. The van der Waals surface area contributed by atoms with Crippen LogP contribution in [0.4, 0.5) is 0 Å². The van der Waals surface area contributed by atoms with E-state index >= 15 is 0 Å². The van der Waals surface area contributed by atoms with Gasteiger partial charge in [0.1, 0.15) is 0 Å². The normalized spacial score (nSPS) is 21.6. The number of Topliss-reactive ketones (excluding diaryl/α,β-unsaturated/α-hetero) is 1. The number of benzene rings is 1. The molecule has 0 aliphatic carbocycles. The molecule has 1 aliphatic heterocycles. The van der Waals surface area contributed by atoms with Gasteiger partial charge in [-0.1, -0.05) is 47.8 Å². The van der Waals surface area contributed by atoms with E-state index in [4.69, 9.17) is 0 Å². The van der Waals surface area contributed by atoms with E-state index in [1.54, 1.807) is 0 Å². The maximum Gasteiger partial charge on any atom is 0.179 e. The second-order valence-electron chi connectivity index (χ2n) is 5.72. The van der Waals surface area contributed by atoms with Crippen LogP contribution in [0, 0.1) is 0 Å². The molecule has 2 atom stereocenters. The number of halogens is 1. The molecule has 0 N–H and O–H groups in total. The monoisotopic (exact) mass is 337 g/mol. The number of hydrogen-bond acceptors (Lipinski definition) is 2. The molecule has 0 bridgehead atoms. The predicted octanol–water partition coefficient (Wildman–Crippen LogP) is 4.67. The Kier molecular flexibility index (Phi) is 5.79. The van der Waals surface area contributed by atoms with Crippen molar-refractivity contribution in [2.75, 3.05) is 6.54 Å². The summed E-state index contributed by atoms with van der Waals surface area (Å²) in [5.74, 6) is 0.250. The van der Waals surface area contributed by atoms with E-state index in [-0.39, 0.29) is 11.8 Å². The molecular weight excluding hydrogens is 314 g/mol. The minimum absolute atomic E-state index is 0.00646. The molecule has 3 heteroatoms. The summed E-state index contributed by atoms with van der Waals surface area (Å²) in [5, 5.41) is 0. The van der Waals surface area contributed by atoms with Gasteiger partial charge in [-0.05, 0) is 44.9 Å². The van der Waals surface area contributed by atoms with Gasteiger partial charge < -0.3 is 0 Å². The first-order chi connectivity index (χ1) is 9.63. The Labute approximate surface area is 130 Å². The van der Waals surface area contributed by atoms with Gasteiger partial charge in [0.2, 0.25) is 0 Å². The van der Waals surface area contributed by atoms with Crippen molar-refractivity contribution in [2.24, 2.45) is 0 Å². The first kappa shape index (κ1) is 15.7. The van der Waals surface area contributed by atoms with Gasteiger partial charge in [0.05, 0.1) is 6.04 Å². The van der Waals surface area contributed by atoms with Crippen molar-refractivity contribution in [2.45, 2.75) is 58.0 Å². The first-order valence-electron chi connectivity index (χ1n) is 7.69. The van der Waals surface area contributed by atoms with E-state index in [1.807, 2.05) is 24.3 Å². The quantitative estimate of drug-likeness (QED) is 0.727. The van der Waals surface area contributed by atoms with Gasteiger partial charge >= 0.3 is 0 Å². The SMILES string of the molecule is CCCC1CCCCN1C(C)C(=O)c1ccc(Br)cc1. The van der Waals surface area contributed by atoms with E-state index in [1.165, 1.54) is 32.1 Å². The fourth-order valence-electron chi connectivity index (χ4n) is 3.18. The van der Waals surface area contributed by atoms with E-state index in [2.05, 4.69) is 34.7 Å². The van der Waals surface area contributed by atoms with Crippen molar-refractivity contribution in [3.8, 4) is 0 Å². The zero-order valence-corrected chi connectivity index (χ0v) is 14.0. The average molecular weight is 338 g/mol. The molecule has 1 saturated heterocycles. The summed E-state index contributed by atoms with van der Waals surface area (Å²) in [6.45, 7) is 5.36. The maximum absolute atomic E-state index is 12.6. The smallest absolute Gasteiger partial charge is 0.179 e. The number of piperidine rings is 1. The fraction of sp³-hybridized carbons (Fsp3) is 0.588. The number of ketones is 1. The molecule has 20 heavy (non-hydrogen) atoms. The van der Waals surface area contributed by atoms with Crippen LogP contribution < -0.4 is 0 Å². The summed E-state index contributed by atoms with van der Waals surface area (Å²) >= 11 is 3.42. The topological polar surface area (TPSA) is 20.3 Å². The highest BCUT2D eigenvalue weighted by Gasteiger charge is 2.29. The van der Waals surface area contributed by atoms with Crippen molar-refractivity contribution in [3.63, 3.8) is 0 Å². The predicted molar refractivity (Wildman–Crippen MR) is 87.2 cm³/mol. The summed E-state index contributed by atoms with van der Waals surface area (Å²) < 4.78 is 1.02. The summed E-state index contributed by atoms with van der Waals surface area (Å²) in [6, 6.07) is 8.30. The van der Waals surface area contributed by atoms with Gasteiger partial charge in [0.25, 0.3) is 0 Å². The van der Waals surface area contributed by atoms with Gasteiger partial charge in [0.15, 0.2) is 5.78 Å². The highest BCUT2D eigenvalue weighted by atomic mass is 79.9. The zero-order valence-electron chi connectivity index (χ0n) is 12.4. The molecule has 2 rings (SSSR count). The second kappa shape index (κ2) is 7.37. The third kappa shape index (κ3) is 3.70. The highest BCUT2D eigenvalue weighted by Crippen LogP contribution is 2.24. The molecule has 1 heterocycles. The van der Waals surface area contributed by atoms with Crippen LogP contribution in [0.15, 0.2) is 28.7 Å². The molecule has 2 unspecified atom stereocenters. The molecule has 0 aromatic heterocycles. The van der Waals surface area contributed by atoms with Gasteiger partial charge in [-0.2, -0.15) is 0 Å². The molecule has 0 amide bonds. The molecular formula is C17H24BrNO. The summed E-state index contributed by atoms with van der Waals surface area (Å²) in [6.07, 6.45) is 6.17. The van der Waals surface area contributed by atoms with E-state index in [9.17, 15) is 4.79 Å². The van der Waals surface area contributed by atoms with Crippen LogP contribution in [0.2, 0.25) is 0 Å². The Hall–Kier alpha value is -0.670. The van der Waals surface area contributed by atoms with Crippen molar-refractivity contribution in [1.82, 2.24) is 4.90 Å². The molecule has 110 valence electrons. The third-order valence-corrected chi connectivity index (χ3v) is 4.83. The third-order valence-electron chi connectivity index (χ3n) is 4.30. The minimum atomic E-state index is -0.00646. The van der Waals surface area contributed by atoms with Gasteiger partial charge in [-0.25, -0.2) is 0 Å². The lowest BCUT2D eigenvalue weighted by Gasteiger charge is -2.39.